The lowest BCUT2D eigenvalue weighted by Gasteiger charge is -2.27. The molecule has 4 rings (SSSR count). The van der Waals surface area contributed by atoms with E-state index in [1.54, 1.807) is 54.6 Å². The van der Waals surface area contributed by atoms with Gasteiger partial charge in [0.2, 0.25) is 0 Å². The summed E-state index contributed by atoms with van der Waals surface area (Å²) in [6.45, 7) is 6.26. The molecule has 0 heterocycles. The van der Waals surface area contributed by atoms with E-state index in [4.69, 9.17) is 23.1 Å². The highest BCUT2D eigenvalue weighted by molar-refractivity contribution is 6.35. The Balaban J connectivity index is 1.49. The fourth-order valence-corrected chi connectivity index (χ4v) is 4.55. The van der Waals surface area contributed by atoms with E-state index in [2.05, 4.69) is 29.8 Å². The van der Waals surface area contributed by atoms with Gasteiger partial charge in [0.25, 0.3) is 11.8 Å². The number of nitrogen functional groups attached to an aromatic ring is 2. The van der Waals surface area contributed by atoms with Gasteiger partial charge in [-0.15, -0.1) is 0 Å². The number of hydrogen-bond acceptors (Lipinski definition) is 5. The average Bonchev–Trinajstić information content (AvgIpc) is 2.96. The van der Waals surface area contributed by atoms with Crippen LogP contribution in [0.4, 0.5) is 28.4 Å². The average molecular weight is 556 g/mol. The summed E-state index contributed by atoms with van der Waals surface area (Å²) < 4.78 is 0. The Hall–Kier alpha value is -4.49. The maximum Gasteiger partial charge on any atom is 0.255 e. The first-order valence-electron chi connectivity index (χ1n) is 13.2. The van der Waals surface area contributed by atoms with Crippen LogP contribution >= 0.6 is 11.6 Å². The van der Waals surface area contributed by atoms with Crippen LogP contribution in [0.1, 0.15) is 58.2 Å². The summed E-state index contributed by atoms with van der Waals surface area (Å²) in [5.41, 5.74) is 17.7. The molecule has 0 aliphatic rings. The number of carbonyl (C=O) groups is 2. The molecule has 0 fully saturated rings. The molecule has 206 valence electrons. The molecule has 0 aliphatic carbocycles. The normalized spacial score (nSPS) is 12.3. The van der Waals surface area contributed by atoms with Crippen molar-refractivity contribution >= 4 is 51.9 Å². The minimum Gasteiger partial charge on any atom is -0.399 e. The predicted molar refractivity (Wildman–Crippen MR) is 166 cm³/mol. The second kappa shape index (κ2) is 12.6. The second-order valence-corrected chi connectivity index (χ2v) is 10.3. The van der Waals surface area contributed by atoms with Crippen LogP contribution in [0.3, 0.4) is 0 Å². The van der Waals surface area contributed by atoms with E-state index >= 15 is 0 Å². The Bertz CT molecular complexity index is 1490. The van der Waals surface area contributed by atoms with Crippen LogP contribution in [0.15, 0.2) is 84.9 Å². The van der Waals surface area contributed by atoms with E-state index in [-0.39, 0.29) is 17.9 Å². The van der Waals surface area contributed by atoms with Gasteiger partial charge >= 0.3 is 0 Å². The molecule has 0 aliphatic heterocycles. The molecule has 0 radical (unpaired) electrons. The SMILES string of the molecule is CCC(C)C(Nc1ccc(NC(=O)c2ccc(N)cc2)c(Cl)c1C)c1ccc(NC(=O)c2ccc(N)cc2)cc1. The van der Waals surface area contributed by atoms with Crippen molar-refractivity contribution in [3.8, 4) is 0 Å². The molecule has 0 aromatic heterocycles. The minimum absolute atomic E-state index is 0.00293. The molecule has 7 nitrogen and oxygen atoms in total. The number of nitrogens with one attached hydrogen (secondary N) is 3. The Morgan fingerprint density at radius 2 is 1.25 bits per heavy atom. The molecule has 0 saturated carbocycles. The van der Waals surface area contributed by atoms with E-state index in [1.807, 2.05) is 37.3 Å². The highest BCUT2D eigenvalue weighted by Gasteiger charge is 2.21. The zero-order chi connectivity index (χ0) is 28.8. The molecule has 2 amide bonds. The van der Waals surface area contributed by atoms with Gasteiger partial charge in [0, 0.05) is 33.9 Å². The van der Waals surface area contributed by atoms with Crippen molar-refractivity contribution in [3.05, 3.63) is 112 Å². The summed E-state index contributed by atoms with van der Waals surface area (Å²) in [6, 6.07) is 25.1. The lowest BCUT2D eigenvalue weighted by atomic mass is 9.91. The largest absolute Gasteiger partial charge is 0.399 e. The molecule has 8 heteroatoms. The highest BCUT2D eigenvalue weighted by Crippen LogP contribution is 2.36. The maximum atomic E-state index is 12.7. The quantitative estimate of drug-likeness (QED) is 0.137. The van der Waals surface area contributed by atoms with E-state index in [9.17, 15) is 9.59 Å². The predicted octanol–water partition coefficient (Wildman–Crippen LogP) is 7.52. The summed E-state index contributed by atoms with van der Waals surface area (Å²) >= 11 is 6.70. The van der Waals surface area contributed by atoms with Gasteiger partial charge in [-0.25, -0.2) is 0 Å². The molecule has 2 unspecified atom stereocenters. The van der Waals surface area contributed by atoms with Crippen LogP contribution < -0.4 is 27.4 Å². The van der Waals surface area contributed by atoms with E-state index in [1.165, 1.54) is 0 Å². The first-order chi connectivity index (χ1) is 19.2. The Labute approximate surface area is 239 Å². The van der Waals surface area contributed by atoms with E-state index < -0.39 is 0 Å². The van der Waals surface area contributed by atoms with E-state index in [0.717, 1.165) is 23.2 Å². The summed E-state index contributed by atoms with van der Waals surface area (Å²) in [5, 5.41) is 9.94. The van der Waals surface area contributed by atoms with Gasteiger partial charge in [-0.1, -0.05) is 44.0 Å². The summed E-state index contributed by atoms with van der Waals surface area (Å²) in [4.78, 5) is 25.3. The van der Waals surface area contributed by atoms with Crippen LogP contribution in [0.25, 0.3) is 0 Å². The molecule has 7 N–H and O–H groups in total. The van der Waals surface area contributed by atoms with Crippen molar-refractivity contribution in [3.63, 3.8) is 0 Å². The number of amides is 2. The Morgan fingerprint density at radius 1 is 0.750 bits per heavy atom. The van der Waals surface area contributed by atoms with Crippen LogP contribution in [-0.4, -0.2) is 11.8 Å². The summed E-state index contributed by atoms with van der Waals surface area (Å²) in [7, 11) is 0. The third kappa shape index (κ3) is 6.74. The van der Waals surface area contributed by atoms with Crippen LogP contribution in [-0.2, 0) is 0 Å². The molecule has 4 aromatic rings. The molecular formula is C32H34ClN5O2. The van der Waals surface area contributed by atoms with Gasteiger partial charge in [-0.05, 0) is 96.8 Å². The highest BCUT2D eigenvalue weighted by atomic mass is 35.5. The molecule has 4 aromatic carbocycles. The van der Waals surface area contributed by atoms with Gasteiger partial charge in [-0.2, -0.15) is 0 Å². The standard InChI is InChI=1S/C32H34ClN5O2/c1-4-19(2)30(21-9-15-26(16-10-21)36-31(39)22-5-11-24(34)12-6-22)37-27-17-18-28(29(33)20(27)3)38-32(40)23-7-13-25(35)14-8-23/h5-19,30,37H,4,34-35H2,1-3H3,(H,36,39)(H,38,40). The lowest BCUT2D eigenvalue weighted by molar-refractivity contribution is 0.101. The molecule has 40 heavy (non-hydrogen) atoms. The van der Waals surface area contributed by atoms with Crippen molar-refractivity contribution in [2.75, 3.05) is 27.4 Å². The van der Waals surface area contributed by atoms with Gasteiger partial charge in [-0.3, -0.25) is 9.59 Å². The number of nitrogens with two attached hydrogens (primary N) is 2. The van der Waals surface area contributed by atoms with Gasteiger partial charge in [0.15, 0.2) is 0 Å². The molecule has 0 bridgehead atoms. The van der Waals surface area contributed by atoms with Gasteiger partial charge in [0.05, 0.1) is 16.8 Å². The van der Waals surface area contributed by atoms with Crippen LogP contribution in [0.2, 0.25) is 5.02 Å². The molecule has 0 saturated heterocycles. The molecule has 2 atom stereocenters. The lowest BCUT2D eigenvalue weighted by Crippen LogP contribution is -2.19. The Morgan fingerprint density at radius 3 is 1.77 bits per heavy atom. The number of carbonyl (C=O) groups excluding carboxylic acids is 2. The van der Waals surface area contributed by atoms with Gasteiger partial charge in [0.1, 0.15) is 0 Å². The van der Waals surface area contributed by atoms with Crippen molar-refractivity contribution in [1.29, 1.82) is 0 Å². The first kappa shape index (κ1) is 28.5. The third-order valence-electron chi connectivity index (χ3n) is 7.03. The van der Waals surface area contributed by atoms with Crippen molar-refractivity contribution < 1.29 is 9.59 Å². The zero-order valence-corrected chi connectivity index (χ0v) is 23.5. The molecule has 0 spiro atoms. The van der Waals surface area contributed by atoms with Gasteiger partial charge < -0.3 is 27.4 Å². The number of anilines is 5. The fourth-order valence-electron chi connectivity index (χ4n) is 4.34. The number of benzene rings is 4. The number of rotatable bonds is 9. The smallest absolute Gasteiger partial charge is 0.255 e. The summed E-state index contributed by atoms with van der Waals surface area (Å²) in [6.07, 6.45) is 0.954. The topological polar surface area (TPSA) is 122 Å². The van der Waals surface area contributed by atoms with Crippen molar-refractivity contribution in [2.24, 2.45) is 5.92 Å². The first-order valence-corrected chi connectivity index (χ1v) is 13.5. The monoisotopic (exact) mass is 555 g/mol. The zero-order valence-electron chi connectivity index (χ0n) is 22.8. The van der Waals surface area contributed by atoms with Crippen LogP contribution in [0.5, 0.6) is 0 Å². The molecular weight excluding hydrogens is 522 g/mol. The second-order valence-electron chi connectivity index (χ2n) is 9.88. The van der Waals surface area contributed by atoms with Crippen molar-refractivity contribution in [1.82, 2.24) is 0 Å². The number of halogens is 1. The van der Waals surface area contributed by atoms with E-state index in [0.29, 0.717) is 44.8 Å². The minimum atomic E-state index is -0.261. The third-order valence-corrected chi connectivity index (χ3v) is 7.52. The van der Waals surface area contributed by atoms with Crippen molar-refractivity contribution in [2.45, 2.75) is 33.2 Å². The fraction of sp³-hybridized carbons (Fsp3) is 0.188. The Kier molecular flexibility index (Phi) is 8.97. The number of hydrogen-bond donors (Lipinski definition) is 5. The van der Waals surface area contributed by atoms with Crippen LogP contribution in [0, 0.1) is 12.8 Å². The summed E-state index contributed by atoms with van der Waals surface area (Å²) in [5.74, 6) is -0.153. The maximum absolute atomic E-state index is 12.7.